The molecule has 0 radical (unpaired) electrons. The monoisotopic (exact) mass is 285 g/mol. The molecule has 1 N–H and O–H groups in total. The van der Waals surface area contributed by atoms with Crippen molar-refractivity contribution >= 4 is 17.6 Å². The first kappa shape index (κ1) is 13.4. The Balaban J connectivity index is 1.96. The smallest absolute Gasteiger partial charge is 0.335 e. The molecule has 0 aliphatic carbocycles. The number of hydrogen-bond acceptors (Lipinski definition) is 3. The van der Waals surface area contributed by atoms with E-state index in [4.69, 9.17) is 5.11 Å². The maximum atomic E-state index is 12.6. The topological polar surface area (TPSA) is 75.4 Å². The number of benzene rings is 1. The first-order valence-electron chi connectivity index (χ1n) is 6.65. The second-order valence-electron chi connectivity index (χ2n) is 5.12. The summed E-state index contributed by atoms with van der Waals surface area (Å²) in [6.45, 7) is 2.41. The third-order valence-corrected chi connectivity index (χ3v) is 3.93. The van der Waals surface area contributed by atoms with E-state index in [0.717, 1.165) is 16.9 Å². The van der Waals surface area contributed by atoms with Gasteiger partial charge < -0.3 is 10.0 Å². The zero-order valence-corrected chi connectivity index (χ0v) is 11.8. The Morgan fingerprint density at radius 2 is 2.10 bits per heavy atom. The normalized spacial score (nSPS) is 13.3. The van der Waals surface area contributed by atoms with Crippen LogP contribution < -0.4 is 4.90 Å². The van der Waals surface area contributed by atoms with Crippen molar-refractivity contribution in [2.45, 2.75) is 13.3 Å². The molecule has 0 unspecified atom stereocenters. The van der Waals surface area contributed by atoms with Gasteiger partial charge in [-0.15, -0.1) is 0 Å². The number of aromatic carboxylic acids is 1. The van der Waals surface area contributed by atoms with Gasteiger partial charge in [0.05, 0.1) is 17.3 Å². The molecule has 3 rings (SSSR count). The highest BCUT2D eigenvalue weighted by Crippen LogP contribution is 2.30. The summed E-state index contributed by atoms with van der Waals surface area (Å²) in [5, 5.41) is 13.1. The summed E-state index contributed by atoms with van der Waals surface area (Å²) in [6.07, 6.45) is 2.24. The molecule has 2 heterocycles. The summed E-state index contributed by atoms with van der Waals surface area (Å²) < 4.78 is 1.66. The van der Waals surface area contributed by atoms with Gasteiger partial charge in [0.1, 0.15) is 0 Å². The van der Waals surface area contributed by atoms with E-state index < -0.39 is 5.97 Å². The van der Waals surface area contributed by atoms with Crippen LogP contribution in [-0.4, -0.2) is 33.3 Å². The Bertz CT molecular complexity index is 749. The minimum Gasteiger partial charge on any atom is -0.478 e. The summed E-state index contributed by atoms with van der Waals surface area (Å²) in [5.41, 5.74) is 3.32. The Morgan fingerprint density at radius 1 is 1.33 bits per heavy atom. The Morgan fingerprint density at radius 3 is 2.71 bits per heavy atom. The number of fused-ring (bicyclic) bond motifs is 1. The van der Waals surface area contributed by atoms with Crippen LogP contribution in [0.1, 0.15) is 32.0 Å². The predicted molar refractivity (Wildman–Crippen MR) is 76.7 cm³/mol. The van der Waals surface area contributed by atoms with Gasteiger partial charge in [-0.1, -0.05) is 0 Å². The van der Waals surface area contributed by atoms with E-state index in [1.807, 2.05) is 6.92 Å². The summed E-state index contributed by atoms with van der Waals surface area (Å²) in [5.74, 6) is -1.05. The van der Waals surface area contributed by atoms with Gasteiger partial charge in [-0.3, -0.25) is 9.48 Å². The predicted octanol–water partition coefficient (Wildman–Crippen LogP) is 1.63. The van der Waals surface area contributed by atoms with Gasteiger partial charge in [-0.25, -0.2) is 4.79 Å². The Labute approximate surface area is 121 Å². The van der Waals surface area contributed by atoms with Crippen molar-refractivity contribution < 1.29 is 14.7 Å². The second kappa shape index (κ2) is 4.73. The molecule has 0 saturated carbocycles. The number of aromatic nitrogens is 2. The van der Waals surface area contributed by atoms with Crippen molar-refractivity contribution in [1.29, 1.82) is 0 Å². The molecule has 1 aliphatic heterocycles. The maximum Gasteiger partial charge on any atom is 0.335 e. The van der Waals surface area contributed by atoms with Crippen LogP contribution in [0.4, 0.5) is 5.69 Å². The summed E-state index contributed by atoms with van der Waals surface area (Å²) in [7, 11) is 1.79. The van der Waals surface area contributed by atoms with Crippen LogP contribution >= 0.6 is 0 Å². The van der Waals surface area contributed by atoms with E-state index in [1.54, 1.807) is 35.0 Å². The molecule has 0 atom stereocenters. The van der Waals surface area contributed by atoms with Gasteiger partial charge in [0.25, 0.3) is 5.91 Å². The number of anilines is 1. The maximum absolute atomic E-state index is 12.6. The number of nitrogens with zero attached hydrogens (tertiary/aromatic N) is 3. The molecule has 0 saturated heterocycles. The van der Waals surface area contributed by atoms with Crippen molar-refractivity contribution in [2.75, 3.05) is 11.4 Å². The molecule has 108 valence electrons. The van der Waals surface area contributed by atoms with Crippen LogP contribution in [0.2, 0.25) is 0 Å². The number of carboxylic acids is 1. The van der Waals surface area contributed by atoms with Crippen molar-refractivity contribution in [3.05, 3.63) is 46.8 Å². The van der Waals surface area contributed by atoms with Crippen LogP contribution in [0.5, 0.6) is 0 Å². The van der Waals surface area contributed by atoms with Crippen molar-refractivity contribution in [3.63, 3.8) is 0 Å². The van der Waals surface area contributed by atoms with Crippen LogP contribution in [-0.2, 0) is 13.5 Å². The summed E-state index contributed by atoms with van der Waals surface area (Å²) >= 11 is 0. The number of rotatable bonds is 2. The standard InChI is InChI=1S/C15H15N3O3/c1-9-12(8-16-17(9)2)14(19)18-6-5-10-7-11(15(20)21)3-4-13(10)18/h3-4,7-8H,5-6H2,1-2H3,(H,20,21). The fourth-order valence-corrected chi connectivity index (χ4v) is 2.60. The molecule has 1 aliphatic rings. The van der Waals surface area contributed by atoms with E-state index in [9.17, 15) is 9.59 Å². The molecule has 2 aromatic rings. The van der Waals surface area contributed by atoms with Crippen LogP contribution in [0.3, 0.4) is 0 Å². The molecule has 0 bridgehead atoms. The lowest BCUT2D eigenvalue weighted by atomic mass is 10.1. The Kier molecular flexibility index (Phi) is 3.01. The SMILES string of the molecule is Cc1c(C(=O)N2CCc3cc(C(=O)O)ccc32)cnn1C. The zero-order chi connectivity index (χ0) is 15.1. The highest BCUT2D eigenvalue weighted by Gasteiger charge is 2.28. The quantitative estimate of drug-likeness (QED) is 0.910. The Hall–Kier alpha value is -2.63. The van der Waals surface area contributed by atoms with Gasteiger partial charge >= 0.3 is 5.97 Å². The van der Waals surface area contributed by atoms with Crippen LogP contribution in [0, 0.1) is 6.92 Å². The molecule has 1 amide bonds. The largest absolute Gasteiger partial charge is 0.478 e. The van der Waals surface area contributed by atoms with Crippen LogP contribution in [0.25, 0.3) is 0 Å². The van der Waals surface area contributed by atoms with Gasteiger partial charge in [0, 0.05) is 25.0 Å². The van der Waals surface area contributed by atoms with Crippen molar-refractivity contribution in [3.8, 4) is 0 Å². The molecule has 6 nitrogen and oxygen atoms in total. The third-order valence-electron chi connectivity index (χ3n) is 3.93. The molecule has 21 heavy (non-hydrogen) atoms. The molecule has 0 fully saturated rings. The van der Waals surface area contributed by atoms with E-state index in [-0.39, 0.29) is 11.5 Å². The zero-order valence-electron chi connectivity index (χ0n) is 11.8. The molecule has 1 aromatic carbocycles. The fourth-order valence-electron chi connectivity index (χ4n) is 2.60. The van der Waals surface area contributed by atoms with Gasteiger partial charge in [-0.05, 0) is 37.1 Å². The molecule has 1 aromatic heterocycles. The lowest BCUT2D eigenvalue weighted by molar-refractivity contribution is 0.0696. The molecule has 6 heteroatoms. The lowest BCUT2D eigenvalue weighted by Crippen LogP contribution is -2.29. The van der Waals surface area contributed by atoms with E-state index in [1.165, 1.54) is 6.07 Å². The fraction of sp³-hybridized carbons (Fsp3) is 0.267. The minimum atomic E-state index is -0.953. The number of carbonyl (C=O) groups excluding carboxylic acids is 1. The third kappa shape index (κ3) is 2.08. The van der Waals surface area contributed by atoms with E-state index in [0.29, 0.717) is 18.5 Å². The second-order valence-corrected chi connectivity index (χ2v) is 5.12. The summed E-state index contributed by atoms with van der Waals surface area (Å²) in [4.78, 5) is 25.3. The lowest BCUT2D eigenvalue weighted by Gasteiger charge is -2.17. The van der Waals surface area contributed by atoms with Gasteiger partial charge in [0.2, 0.25) is 0 Å². The van der Waals surface area contributed by atoms with E-state index in [2.05, 4.69) is 5.10 Å². The minimum absolute atomic E-state index is 0.0950. The number of amides is 1. The van der Waals surface area contributed by atoms with E-state index >= 15 is 0 Å². The van der Waals surface area contributed by atoms with Crippen LogP contribution in [0.15, 0.2) is 24.4 Å². The summed E-state index contributed by atoms with van der Waals surface area (Å²) in [6, 6.07) is 4.87. The van der Waals surface area contributed by atoms with Crippen molar-refractivity contribution in [1.82, 2.24) is 9.78 Å². The number of aryl methyl sites for hydroxylation is 1. The first-order valence-corrected chi connectivity index (χ1v) is 6.65. The van der Waals surface area contributed by atoms with Gasteiger partial charge in [-0.2, -0.15) is 5.10 Å². The van der Waals surface area contributed by atoms with Gasteiger partial charge in [0.15, 0.2) is 0 Å². The molecular weight excluding hydrogens is 270 g/mol. The first-order chi connectivity index (χ1) is 9.99. The number of carboxylic acid groups (broad SMARTS) is 1. The molecule has 0 spiro atoms. The number of hydrogen-bond donors (Lipinski definition) is 1. The highest BCUT2D eigenvalue weighted by atomic mass is 16.4. The van der Waals surface area contributed by atoms with Crippen molar-refractivity contribution in [2.24, 2.45) is 7.05 Å². The average molecular weight is 285 g/mol. The molecular formula is C15H15N3O3. The average Bonchev–Trinajstić information content (AvgIpc) is 3.02. The highest BCUT2D eigenvalue weighted by molar-refractivity contribution is 6.08. The number of carbonyl (C=O) groups is 2.